The van der Waals surface area contributed by atoms with Gasteiger partial charge in [-0.05, 0) is 0 Å². The molecule has 0 atom stereocenters. The molecule has 0 bridgehead atoms. The lowest BCUT2D eigenvalue weighted by Crippen LogP contribution is -2.49. The molecule has 1 saturated carbocycles. The third-order valence-corrected chi connectivity index (χ3v) is 1.96. The highest BCUT2D eigenvalue weighted by Crippen LogP contribution is 2.53. The van der Waals surface area contributed by atoms with Crippen LogP contribution in [0.5, 0.6) is 0 Å². The first-order valence-electron chi connectivity index (χ1n) is 2.06. The molecule has 0 N–H and O–H groups in total. The number of halogens is 4. The van der Waals surface area contributed by atoms with Gasteiger partial charge in [0.05, 0.1) is 0 Å². The Bertz CT molecular complexity index is 96.6. The Kier molecular flexibility index (Phi) is 1.21. The van der Waals surface area contributed by atoms with E-state index in [0.717, 1.165) is 0 Å². The SMILES string of the molecule is FC1(F)C[CH]C1(Cl)Cl. The molecule has 0 nitrogen and oxygen atoms in total. The second kappa shape index (κ2) is 1.48. The lowest BCUT2D eigenvalue weighted by Gasteiger charge is -2.38. The zero-order valence-electron chi connectivity index (χ0n) is 3.80. The average molecular weight is 160 g/mol. The summed E-state index contributed by atoms with van der Waals surface area (Å²) in [7, 11) is 0. The summed E-state index contributed by atoms with van der Waals surface area (Å²) in [6.07, 6.45) is 0.871. The van der Waals surface area contributed by atoms with Crippen LogP contribution in [0.2, 0.25) is 0 Å². The fraction of sp³-hybridized carbons (Fsp3) is 0.750. The van der Waals surface area contributed by atoms with E-state index in [-0.39, 0.29) is 6.42 Å². The number of rotatable bonds is 0. The van der Waals surface area contributed by atoms with Gasteiger partial charge in [0, 0.05) is 12.8 Å². The van der Waals surface area contributed by atoms with Crippen LogP contribution in [0.15, 0.2) is 0 Å². The number of alkyl halides is 4. The van der Waals surface area contributed by atoms with E-state index in [1.54, 1.807) is 0 Å². The molecule has 0 spiro atoms. The first-order chi connectivity index (χ1) is 3.46. The van der Waals surface area contributed by atoms with E-state index in [0.29, 0.717) is 0 Å². The van der Waals surface area contributed by atoms with E-state index in [1.807, 2.05) is 0 Å². The molecule has 0 aromatic rings. The molecule has 0 aliphatic heterocycles. The van der Waals surface area contributed by atoms with E-state index in [1.165, 1.54) is 6.42 Å². The van der Waals surface area contributed by atoms with Crippen LogP contribution in [0.1, 0.15) is 6.42 Å². The second-order valence-electron chi connectivity index (χ2n) is 1.74. The van der Waals surface area contributed by atoms with Crippen molar-refractivity contribution >= 4 is 23.2 Å². The molecular formula is C4H3Cl2F2. The molecule has 0 aromatic carbocycles. The maximum atomic E-state index is 12.0. The Morgan fingerprint density at radius 2 is 1.75 bits per heavy atom. The van der Waals surface area contributed by atoms with Gasteiger partial charge in [0.15, 0.2) is 4.33 Å². The summed E-state index contributed by atoms with van der Waals surface area (Å²) in [5.41, 5.74) is 0. The van der Waals surface area contributed by atoms with Gasteiger partial charge in [0.25, 0.3) is 5.92 Å². The minimum absolute atomic E-state index is 0.306. The lowest BCUT2D eigenvalue weighted by atomic mass is 9.93. The monoisotopic (exact) mass is 159 g/mol. The molecule has 1 aliphatic carbocycles. The maximum absolute atomic E-state index is 12.0. The fourth-order valence-electron chi connectivity index (χ4n) is 0.411. The van der Waals surface area contributed by atoms with Crippen LogP contribution >= 0.6 is 23.2 Å². The van der Waals surface area contributed by atoms with E-state index < -0.39 is 10.3 Å². The Morgan fingerprint density at radius 3 is 1.75 bits per heavy atom. The fourth-order valence-corrected chi connectivity index (χ4v) is 0.719. The van der Waals surface area contributed by atoms with Gasteiger partial charge >= 0.3 is 0 Å². The van der Waals surface area contributed by atoms with Crippen molar-refractivity contribution in [1.82, 2.24) is 0 Å². The lowest BCUT2D eigenvalue weighted by molar-refractivity contribution is -0.0500. The molecular weight excluding hydrogens is 157 g/mol. The summed E-state index contributed by atoms with van der Waals surface area (Å²) in [5, 5.41) is 0. The largest absolute Gasteiger partial charge is 0.281 e. The molecule has 1 fully saturated rings. The van der Waals surface area contributed by atoms with Crippen molar-refractivity contribution in [2.24, 2.45) is 0 Å². The van der Waals surface area contributed by atoms with Gasteiger partial charge in [-0.1, -0.05) is 23.2 Å². The predicted molar refractivity (Wildman–Crippen MR) is 28.3 cm³/mol. The summed E-state index contributed by atoms with van der Waals surface area (Å²) >= 11 is 10.1. The molecule has 4 heteroatoms. The molecule has 0 saturated heterocycles. The molecule has 1 aliphatic rings. The summed E-state index contributed by atoms with van der Waals surface area (Å²) in [6, 6.07) is 0. The molecule has 47 valence electrons. The Balaban J connectivity index is 2.63. The smallest absolute Gasteiger partial charge is 0.203 e. The Hall–Kier alpha value is 0.440. The van der Waals surface area contributed by atoms with Gasteiger partial charge in [-0.15, -0.1) is 0 Å². The van der Waals surface area contributed by atoms with Gasteiger partial charge in [0.2, 0.25) is 0 Å². The predicted octanol–water partition coefficient (Wildman–Crippen LogP) is 2.40. The summed E-state index contributed by atoms with van der Waals surface area (Å²) in [4.78, 5) is 0. The van der Waals surface area contributed by atoms with Crippen LogP contribution in [0.3, 0.4) is 0 Å². The highest BCUT2D eigenvalue weighted by atomic mass is 35.5. The van der Waals surface area contributed by atoms with E-state index in [2.05, 4.69) is 0 Å². The molecule has 1 rings (SSSR count). The quantitative estimate of drug-likeness (QED) is 0.477. The first kappa shape index (κ1) is 6.56. The molecule has 1 radical (unpaired) electrons. The number of hydrogen-bond acceptors (Lipinski definition) is 0. The van der Waals surface area contributed by atoms with Gasteiger partial charge in [-0.3, -0.25) is 0 Å². The van der Waals surface area contributed by atoms with Crippen LogP contribution in [0.4, 0.5) is 8.78 Å². The van der Waals surface area contributed by atoms with Gasteiger partial charge in [-0.25, -0.2) is 8.78 Å². The van der Waals surface area contributed by atoms with Crippen molar-refractivity contribution in [3.8, 4) is 0 Å². The van der Waals surface area contributed by atoms with E-state index in [4.69, 9.17) is 23.2 Å². The maximum Gasteiger partial charge on any atom is 0.281 e. The number of hydrogen-bond donors (Lipinski definition) is 0. The zero-order valence-corrected chi connectivity index (χ0v) is 5.31. The van der Waals surface area contributed by atoms with Crippen molar-refractivity contribution in [1.29, 1.82) is 0 Å². The van der Waals surface area contributed by atoms with Crippen LogP contribution in [-0.4, -0.2) is 10.3 Å². The highest BCUT2D eigenvalue weighted by Gasteiger charge is 2.60. The van der Waals surface area contributed by atoms with Crippen molar-refractivity contribution < 1.29 is 8.78 Å². The zero-order chi connectivity index (χ0) is 6.41. The third kappa shape index (κ3) is 0.705. The standard InChI is InChI=1S/C4H3Cl2F2/c5-3(6)1-2-4(3,7)8/h1H,2H2. The topological polar surface area (TPSA) is 0 Å². The summed E-state index contributed by atoms with van der Waals surface area (Å²) in [5.74, 6) is -2.91. The molecule has 0 amide bonds. The molecule has 0 heterocycles. The van der Waals surface area contributed by atoms with E-state index >= 15 is 0 Å². The molecule has 8 heavy (non-hydrogen) atoms. The van der Waals surface area contributed by atoms with Crippen molar-refractivity contribution in [3.05, 3.63) is 6.42 Å². The van der Waals surface area contributed by atoms with Crippen LogP contribution in [0.25, 0.3) is 0 Å². The minimum atomic E-state index is -2.91. The first-order valence-corrected chi connectivity index (χ1v) is 2.81. The third-order valence-electron chi connectivity index (χ3n) is 1.10. The minimum Gasteiger partial charge on any atom is -0.203 e. The highest BCUT2D eigenvalue weighted by molar-refractivity contribution is 6.51. The Labute approximate surface area is 55.8 Å². The molecule has 0 aromatic heterocycles. The Morgan fingerprint density at radius 1 is 1.38 bits per heavy atom. The van der Waals surface area contributed by atoms with Crippen molar-refractivity contribution in [3.63, 3.8) is 0 Å². The van der Waals surface area contributed by atoms with Gasteiger partial charge in [-0.2, -0.15) is 0 Å². The van der Waals surface area contributed by atoms with Crippen LogP contribution in [-0.2, 0) is 0 Å². The normalized spacial score (nSPS) is 31.5. The van der Waals surface area contributed by atoms with Crippen molar-refractivity contribution in [2.75, 3.05) is 0 Å². The van der Waals surface area contributed by atoms with Gasteiger partial charge < -0.3 is 0 Å². The second-order valence-corrected chi connectivity index (χ2v) is 3.12. The average Bonchev–Trinajstić information content (AvgIpc) is 1.64. The van der Waals surface area contributed by atoms with Crippen molar-refractivity contribution in [2.45, 2.75) is 16.7 Å². The molecule has 0 unspecified atom stereocenters. The van der Waals surface area contributed by atoms with Crippen LogP contribution < -0.4 is 0 Å². The summed E-state index contributed by atoms with van der Waals surface area (Å²) in [6.45, 7) is 0. The van der Waals surface area contributed by atoms with E-state index in [9.17, 15) is 8.78 Å². The van der Waals surface area contributed by atoms with Gasteiger partial charge in [0.1, 0.15) is 0 Å². The summed E-state index contributed by atoms with van der Waals surface area (Å²) < 4.78 is 22.1. The van der Waals surface area contributed by atoms with Crippen LogP contribution in [0, 0.1) is 6.42 Å².